The lowest BCUT2D eigenvalue weighted by Crippen LogP contribution is -2.46. The van der Waals surface area contributed by atoms with E-state index in [1.54, 1.807) is 6.07 Å². The van der Waals surface area contributed by atoms with Crippen molar-refractivity contribution in [2.75, 3.05) is 11.4 Å². The normalized spacial score (nSPS) is 21.6. The molecule has 8 heteroatoms. The second kappa shape index (κ2) is 5.75. The first-order valence-electron chi connectivity index (χ1n) is 6.55. The lowest BCUT2D eigenvalue weighted by atomic mass is 9.93. The van der Waals surface area contributed by atoms with Crippen molar-refractivity contribution >= 4 is 17.4 Å². The Morgan fingerprint density at radius 2 is 2.29 bits per heavy atom. The molecule has 1 fully saturated rings. The molecular weight excluding hydrogens is 274 g/mol. The van der Waals surface area contributed by atoms with Crippen LogP contribution in [0.15, 0.2) is 12.1 Å². The summed E-state index contributed by atoms with van der Waals surface area (Å²) in [5, 5.41) is 19.8. The molecule has 0 aliphatic carbocycles. The molecule has 0 aromatic carbocycles. The Balaban J connectivity index is 2.34. The highest BCUT2D eigenvalue weighted by Gasteiger charge is 2.30. The molecule has 21 heavy (non-hydrogen) atoms. The molecule has 2 heterocycles. The van der Waals surface area contributed by atoms with E-state index in [-0.39, 0.29) is 29.2 Å². The fourth-order valence-electron chi connectivity index (χ4n) is 2.49. The fraction of sp³-hybridized carbons (Fsp3) is 0.462. The number of nitrogens with two attached hydrogens (primary N) is 1. The summed E-state index contributed by atoms with van der Waals surface area (Å²) in [4.78, 5) is 27.4. The molecule has 8 nitrogen and oxygen atoms in total. The van der Waals surface area contributed by atoms with Crippen molar-refractivity contribution in [1.29, 1.82) is 5.26 Å². The van der Waals surface area contributed by atoms with E-state index in [4.69, 9.17) is 11.0 Å². The van der Waals surface area contributed by atoms with Crippen LogP contribution in [0.1, 0.15) is 25.5 Å². The number of primary amides is 1. The quantitative estimate of drug-likeness (QED) is 0.652. The number of carbonyl (C=O) groups excluding carboxylic acids is 1. The predicted molar refractivity (Wildman–Crippen MR) is 74.3 cm³/mol. The van der Waals surface area contributed by atoms with E-state index >= 15 is 0 Å². The van der Waals surface area contributed by atoms with Gasteiger partial charge in [0.2, 0.25) is 11.6 Å². The van der Waals surface area contributed by atoms with Crippen molar-refractivity contribution in [3.05, 3.63) is 27.9 Å². The Bertz CT molecular complexity index is 625. The van der Waals surface area contributed by atoms with Crippen LogP contribution in [0, 0.1) is 27.4 Å². The zero-order valence-electron chi connectivity index (χ0n) is 11.5. The smallest absolute Gasteiger partial charge is 0.305 e. The lowest BCUT2D eigenvalue weighted by molar-refractivity contribution is -0.385. The third-order valence-corrected chi connectivity index (χ3v) is 3.74. The molecule has 2 rings (SSSR count). The number of anilines is 1. The van der Waals surface area contributed by atoms with Crippen LogP contribution in [-0.4, -0.2) is 28.4 Å². The van der Waals surface area contributed by atoms with Gasteiger partial charge >= 0.3 is 5.69 Å². The number of hydrogen-bond donors (Lipinski definition) is 1. The fourth-order valence-corrected chi connectivity index (χ4v) is 2.49. The van der Waals surface area contributed by atoms with Gasteiger partial charge in [-0.2, -0.15) is 5.26 Å². The van der Waals surface area contributed by atoms with E-state index in [2.05, 4.69) is 4.98 Å². The molecule has 0 radical (unpaired) electrons. The van der Waals surface area contributed by atoms with E-state index in [1.165, 1.54) is 12.1 Å². The van der Waals surface area contributed by atoms with Gasteiger partial charge < -0.3 is 10.6 Å². The molecule has 1 aromatic rings. The van der Waals surface area contributed by atoms with Crippen molar-refractivity contribution in [3.63, 3.8) is 0 Å². The van der Waals surface area contributed by atoms with Crippen molar-refractivity contribution in [1.82, 2.24) is 4.98 Å². The molecule has 0 spiro atoms. The van der Waals surface area contributed by atoms with Crippen molar-refractivity contribution in [3.8, 4) is 6.07 Å². The van der Waals surface area contributed by atoms with E-state index in [1.807, 2.05) is 11.8 Å². The minimum atomic E-state index is -0.638. The van der Waals surface area contributed by atoms with Crippen LogP contribution in [-0.2, 0) is 4.79 Å². The van der Waals surface area contributed by atoms with Gasteiger partial charge in [-0.3, -0.25) is 14.9 Å². The van der Waals surface area contributed by atoms with Crippen molar-refractivity contribution in [2.45, 2.75) is 25.8 Å². The molecular formula is C13H15N5O3. The molecule has 2 unspecified atom stereocenters. The molecule has 1 amide bonds. The first kappa shape index (κ1) is 14.7. The third kappa shape index (κ3) is 2.91. The number of aromatic nitrogens is 1. The average Bonchev–Trinajstić information content (AvgIpc) is 2.46. The molecule has 0 bridgehead atoms. The van der Waals surface area contributed by atoms with Crippen LogP contribution in [0.25, 0.3) is 0 Å². The molecule has 1 aromatic heterocycles. The van der Waals surface area contributed by atoms with Crippen molar-refractivity contribution in [2.24, 2.45) is 11.7 Å². The van der Waals surface area contributed by atoms with Crippen LogP contribution in [0.2, 0.25) is 0 Å². The Morgan fingerprint density at radius 1 is 1.57 bits per heavy atom. The van der Waals surface area contributed by atoms with Crippen LogP contribution >= 0.6 is 0 Å². The summed E-state index contributed by atoms with van der Waals surface area (Å²) in [5.74, 6) is -0.186. The third-order valence-electron chi connectivity index (χ3n) is 3.74. The summed E-state index contributed by atoms with van der Waals surface area (Å²) in [6.07, 6.45) is 1.49. The standard InChI is InChI=1S/C13H15N5O3/c1-8-2-3-9(13(15)19)7-17(8)12-5-4-11(18(20)21)10(6-14)16-12/h4-5,8-9H,2-3,7H2,1H3,(H2,15,19). The topological polar surface area (TPSA) is 126 Å². The summed E-state index contributed by atoms with van der Waals surface area (Å²) < 4.78 is 0. The number of nitro groups is 1. The van der Waals surface area contributed by atoms with Gasteiger partial charge in [0.15, 0.2) is 0 Å². The van der Waals surface area contributed by atoms with E-state index < -0.39 is 4.92 Å². The Kier molecular flexibility index (Phi) is 4.03. The lowest BCUT2D eigenvalue weighted by Gasteiger charge is -2.37. The SMILES string of the molecule is CC1CCC(C(N)=O)CN1c1ccc([N+](=O)[O-])c(C#N)n1. The maximum Gasteiger partial charge on any atom is 0.305 e. The molecule has 2 N–H and O–H groups in total. The van der Waals surface area contributed by atoms with Gasteiger partial charge in [0, 0.05) is 18.7 Å². The summed E-state index contributed by atoms with van der Waals surface area (Å²) in [7, 11) is 0. The van der Waals surface area contributed by atoms with Gasteiger partial charge in [-0.05, 0) is 25.8 Å². The van der Waals surface area contributed by atoms with Gasteiger partial charge in [-0.25, -0.2) is 4.98 Å². The second-order valence-corrected chi connectivity index (χ2v) is 5.08. The molecule has 1 aliphatic rings. The summed E-state index contributed by atoms with van der Waals surface area (Å²) >= 11 is 0. The number of piperidine rings is 1. The highest BCUT2D eigenvalue weighted by atomic mass is 16.6. The number of pyridine rings is 1. The highest BCUT2D eigenvalue weighted by molar-refractivity contribution is 5.77. The number of nitriles is 1. The zero-order chi connectivity index (χ0) is 15.6. The van der Waals surface area contributed by atoms with E-state index in [0.29, 0.717) is 18.8 Å². The number of amides is 1. The van der Waals surface area contributed by atoms with E-state index in [9.17, 15) is 14.9 Å². The second-order valence-electron chi connectivity index (χ2n) is 5.08. The first-order chi connectivity index (χ1) is 9.93. The van der Waals surface area contributed by atoms with E-state index in [0.717, 1.165) is 6.42 Å². The highest BCUT2D eigenvalue weighted by Crippen LogP contribution is 2.28. The molecule has 1 saturated heterocycles. The molecule has 110 valence electrons. The number of rotatable bonds is 3. The maximum atomic E-state index is 11.3. The Hall–Kier alpha value is -2.69. The number of carbonyl (C=O) groups is 1. The van der Waals surface area contributed by atoms with Gasteiger partial charge in [0.05, 0.1) is 10.8 Å². The predicted octanol–water partition coefficient (Wildman–Crippen LogP) is 0.952. The number of hydrogen-bond acceptors (Lipinski definition) is 6. The minimum absolute atomic E-state index is 0.126. The zero-order valence-corrected chi connectivity index (χ0v) is 11.5. The van der Waals surface area contributed by atoms with Crippen LogP contribution in [0.5, 0.6) is 0 Å². The Morgan fingerprint density at radius 3 is 2.86 bits per heavy atom. The van der Waals surface area contributed by atoms with Crippen LogP contribution in [0.3, 0.4) is 0 Å². The molecule has 1 aliphatic heterocycles. The summed E-state index contributed by atoms with van der Waals surface area (Å²) in [5.41, 5.74) is 4.79. The minimum Gasteiger partial charge on any atom is -0.369 e. The average molecular weight is 289 g/mol. The molecule has 0 saturated carbocycles. The monoisotopic (exact) mass is 289 g/mol. The molecule has 2 atom stereocenters. The first-order valence-corrected chi connectivity index (χ1v) is 6.55. The number of nitrogens with zero attached hydrogens (tertiary/aromatic N) is 4. The Labute approximate surface area is 121 Å². The summed E-state index contributed by atoms with van der Waals surface area (Å²) in [6.45, 7) is 2.39. The maximum absolute atomic E-state index is 11.3. The van der Waals surface area contributed by atoms with Gasteiger partial charge in [0.1, 0.15) is 11.9 Å². The van der Waals surface area contributed by atoms with Gasteiger partial charge in [-0.1, -0.05) is 0 Å². The summed E-state index contributed by atoms with van der Waals surface area (Å²) in [6, 6.07) is 4.62. The van der Waals surface area contributed by atoms with Gasteiger partial charge in [-0.15, -0.1) is 0 Å². The largest absolute Gasteiger partial charge is 0.369 e. The van der Waals surface area contributed by atoms with Crippen LogP contribution < -0.4 is 10.6 Å². The van der Waals surface area contributed by atoms with Gasteiger partial charge in [0.25, 0.3) is 0 Å². The van der Waals surface area contributed by atoms with Crippen LogP contribution in [0.4, 0.5) is 11.5 Å². The van der Waals surface area contributed by atoms with Crippen molar-refractivity contribution < 1.29 is 9.72 Å².